The number of benzene rings is 2. The molecule has 0 radical (unpaired) electrons. The molecule has 0 atom stereocenters. The molecule has 0 saturated heterocycles. The third kappa shape index (κ3) is 6.68. The lowest BCUT2D eigenvalue weighted by molar-refractivity contribution is -0.137. The molecule has 0 fully saturated rings. The van der Waals surface area contributed by atoms with Crippen LogP contribution in [-0.2, 0) is 22.7 Å². The van der Waals surface area contributed by atoms with Crippen molar-refractivity contribution in [2.75, 3.05) is 13.2 Å². The quantitative estimate of drug-likeness (QED) is 0.663. The van der Waals surface area contributed by atoms with E-state index in [-0.39, 0.29) is 31.4 Å². The second-order valence-electron chi connectivity index (χ2n) is 5.61. The van der Waals surface area contributed by atoms with Crippen molar-refractivity contribution in [3.05, 3.63) is 70.2 Å². The van der Waals surface area contributed by atoms with Crippen molar-refractivity contribution < 1.29 is 14.7 Å². The molecule has 0 unspecified atom stereocenters. The molecule has 0 aliphatic heterocycles. The lowest BCUT2D eigenvalue weighted by atomic mass is 10.2. The summed E-state index contributed by atoms with van der Waals surface area (Å²) in [5, 5.41) is 11.9. The highest BCUT2D eigenvalue weighted by molar-refractivity contribution is 9.10. The molecular weight excluding hydrogens is 384 g/mol. The Kier molecular flexibility index (Phi) is 7.63. The summed E-state index contributed by atoms with van der Waals surface area (Å²) in [5.74, 6) is -0.634. The van der Waals surface area contributed by atoms with Gasteiger partial charge < -0.3 is 15.3 Å². The minimum absolute atomic E-state index is 0.141. The average molecular weight is 405 g/mol. The number of carbonyl (C=O) groups excluding carboxylic acids is 2. The van der Waals surface area contributed by atoms with E-state index >= 15 is 0 Å². The van der Waals surface area contributed by atoms with Crippen LogP contribution in [0.5, 0.6) is 0 Å². The van der Waals surface area contributed by atoms with Gasteiger partial charge in [0.2, 0.25) is 11.8 Å². The maximum atomic E-state index is 12.4. The zero-order valence-corrected chi connectivity index (χ0v) is 15.4. The molecule has 2 aromatic carbocycles. The lowest BCUT2D eigenvalue weighted by Gasteiger charge is -2.21. The van der Waals surface area contributed by atoms with Gasteiger partial charge in [0.05, 0.1) is 6.61 Å². The second kappa shape index (κ2) is 9.96. The van der Waals surface area contributed by atoms with Crippen LogP contribution in [0.4, 0.5) is 0 Å². The topological polar surface area (TPSA) is 69.6 Å². The number of nitrogens with zero attached hydrogens (tertiary/aromatic N) is 1. The summed E-state index contributed by atoms with van der Waals surface area (Å²) in [6, 6.07) is 17.1. The number of halogens is 1. The normalized spacial score (nSPS) is 10.3. The van der Waals surface area contributed by atoms with E-state index in [9.17, 15) is 14.7 Å². The number of aliphatic hydroxyl groups is 1. The van der Waals surface area contributed by atoms with Crippen molar-refractivity contribution in [1.29, 1.82) is 0 Å². The van der Waals surface area contributed by atoms with Gasteiger partial charge in [-0.2, -0.15) is 0 Å². The third-order valence-corrected chi connectivity index (χ3v) is 4.12. The molecule has 2 N–H and O–H groups in total. The van der Waals surface area contributed by atoms with E-state index in [2.05, 4.69) is 21.2 Å². The van der Waals surface area contributed by atoms with E-state index < -0.39 is 0 Å². The monoisotopic (exact) mass is 404 g/mol. The lowest BCUT2D eigenvalue weighted by Crippen LogP contribution is -2.37. The first-order valence-electron chi connectivity index (χ1n) is 8.02. The van der Waals surface area contributed by atoms with Crippen molar-refractivity contribution in [1.82, 2.24) is 10.2 Å². The third-order valence-electron chi connectivity index (χ3n) is 3.63. The molecule has 0 spiro atoms. The number of rotatable bonds is 8. The fourth-order valence-corrected chi connectivity index (χ4v) is 2.82. The zero-order valence-electron chi connectivity index (χ0n) is 13.8. The summed E-state index contributed by atoms with van der Waals surface area (Å²) < 4.78 is 0.937. The van der Waals surface area contributed by atoms with Crippen LogP contribution in [0, 0.1) is 0 Å². The summed E-state index contributed by atoms with van der Waals surface area (Å²) in [4.78, 5) is 25.9. The number of nitrogens with one attached hydrogen (secondary N) is 1. The summed E-state index contributed by atoms with van der Waals surface area (Å²) >= 11 is 3.38. The minimum Gasteiger partial charge on any atom is -0.395 e. The predicted octanol–water partition coefficient (Wildman–Crippen LogP) is 2.48. The van der Waals surface area contributed by atoms with E-state index in [1.807, 2.05) is 54.6 Å². The zero-order chi connectivity index (χ0) is 18.1. The molecule has 25 heavy (non-hydrogen) atoms. The van der Waals surface area contributed by atoms with Crippen LogP contribution in [-0.4, -0.2) is 35.0 Å². The maximum absolute atomic E-state index is 12.4. The second-order valence-corrected chi connectivity index (χ2v) is 6.52. The Morgan fingerprint density at radius 1 is 1.04 bits per heavy atom. The molecule has 0 aliphatic carbocycles. The van der Waals surface area contributed by atoms with Gasteiger partial charge in [0.25, 0.3) is 0 Å². The van der Waals surface area contributed by atoms with Crippen molar-refractivity contribution >= 4 is 27.7 Å². The van der Waals surface area contributed by atoms with E-state index in [0.717, 1.165) is 15.6 Å². The van der Waals surface area contributed by atoms with Gasteiger partial charge in [0.1, 0.15) is 6.42 Å². The van der Waals surface area contributed by atoms with Crippen LogP contribution in [0.1, 0.15) is 17.5 Å². The van der Waals surface area contributed by atoms with Crippen molar-refractivity contribution in [2.45, 2.75) is 19.5 Å². The van der Waals surface area contributed by atoms with Crippen molar-refractivity contribution in [3.63, 3.8) is 0 Å². The fraction of sp³-hybridized carbons (Fsp3) is 0.263. The molecule has 132 valence electrons. The van der Waals surface area contributed by atoms with Gasteiger partial charge in [-0.3, -0.25) is 9.59 Å². The van der Waals surface area contributed by atoms with Crippen LogP contribution >= 0.6 is 15.9 Å². The molecule has 0 aromatic heterocycles. The highest BCUT2D eigenvalue weighted by atomic mass is 79.9. The molecule has 2 amide bonds. The molecule has 0 bridgehead atoms. The first kappa shape index (κ1) is 19.1. The van der Waals surface area contributed by atoms with E-state index in [1.54, 1.807) is 0 Å². The number of carbonyl (C=O) groups is 2. The molecule has 6 heteroatoms. The van der Waals surface area contributed by atoms with Gasteiger partial charge in [-0.15, -0.1) is 0 Å². The first-order chi connectivity index (χ1) is 12.1. The van der Waals surface area contributed by atoms with Gasteiger partial charge in [0.15, 0.2) is 0 Å². The standard InChI is InChI=1S/C19H21BrN2O3/c20-17-8-4-7-16(11-17)13-21-18(24)12-19(25)22(9-10-23)14-15-5-2-1-3-6-15/h1-8,11,23H,9-10,12-14H2,(H,21,24). The van der Waals surface area contributed by atoms with Gasteiger partial charge in [-0.1, -0.05) is 58.4 Å². The van der Waals surface area contributed by atoms with Crippen molar-refractivity contribution in [2.24, 2.45) is 0 Å². The van der Waals surface area contributed by atoms with Crippen LogP contribution in [0.25, 0.3) is 0 Å². The molecular formula is C19H21BrN2O3. The smallest absolute Gasteiger partial charge is 0.232 e. The summed E-state index contributed by atoms with van der Waals surface area (Å²) in [6.45, 7) is 0.800. The number of hydrogen-bond acceptors (Lipinski definition) is 3. The Morgan fingerprint density at radius 2 is 1.76 bits per heavy atom. The molecule has 0 heterocycles. The van der Waals surface area contributed by atoms with Crippen LogP contribution in [0.15, 0.2) is 59.1 Å². The van der Waals surface area contributed by atoms with Crippen molar-refractivity contribution in [3.8, 4) is 0 Å². The molecule has 5 nitrogen and oxygen atoms in total. The number of amides is 2. The molecule has 0 saturated carbocycles. The predicted molar refractivity (Wildman–Crippen MR) is 99.6 cm³/mol. The van der Waals surface area contributed by atoms with E-state index in [1.165, 1.54) is 4.90 Å². The van der Waals surface area contributed by atoms with Crippen LogP contribution in [0.3, 0.4) is 0 Å². The summed E-state index contributed by atoms with van der Waals surface area (Å²) in [6.07, 6.45) is -0.235. The number of aliphatic hydroxyl groups excluding tert-OH is 1. The Bertz CT molecular complexity index is 707. The molecule has 0 aliphatic rings. The van der Waals surface area contributed by atoms with Gasteiger partial charge in [-0.05, 0) is 23.3 Å². The summed E-state index contributed by atoms with van der Waals surface area (Å²) in [5.41, 5.74) is 1.91. The average Bonchev–Trinajstić information content (AvgIpc) is 2.60. The Morgan fingerprint density at radius 3 is 2.44 bits per heavy atom. The fourth-order valence-electron chi connectivity index (χ4n) is 2.38. The van der Waals surface area contributed by atoms with Gasteiger partial charge in [0, 0.05) is 24.1 Å². The molecule has 2 aromatic rings. The Hall–Kier alpha value is -2.18. The van der Waals surface area contributed by atoms with E-state index in [4.69, 9.17) is 0 Å². The highest BCUT2D eigenvalue weighted by Gasteiger charge is 2.17. The first-order valence-corrected chi connectivity index (χ1v) is 8.81. The van der Waals surface area contributed by atoms with E-state index in [0.29, 0.717) is 13.1 Å². The minimum atomic E-state index is -0.332. The van der Waals surface area contributed by atoms with Crippen LogP contribution in [0.2, 0.25) is 0 Å². The Labute approximate surface area is 155 Å². The molecule has 2 rings (SSSR count). The maximum Gasteiger partial charge on any atom is 0.232 e. The SMILES string of the molecule is O=C(CC(=O)N(CCO)Cc1ccccc1)NCc1cccc(Br)c1. The number of hydrogen-bond donors (Lipinski definition) is 2. The Balaban J connectivity index is 1.87. The van der Waals surface area contributed by atoms with Gasteiger partial charge >= 0.3 is 0 Å². The highest BCUT2D eigenvalue weighted by Crippen LogP contribution is 2.11. The summed E-state index contributed by atoms with van der Waals surface area (Å²) in [7, 11) is 0. The van der Waals surface area contributed by atoms with Crippen LogP contribution < -0.4 is 5.32 Å². The largest absolute Gasteiger partial charge is 0.395 e. The van der Waals surface area contributed by atoms with Gasteiger partial charge in [-0.25, -0.2) is 0 Å².